The Balaban J connectivity index is 1.95. The summed E-state index contributed by atoms with van der Waals surface area (Å²) in [6.07, 6.45) is 5.79. The van der Waals surface area contributed by atoms with E-state index in [2.05, 4.69) is 41.0 Å². The number of halogens is 1. The molecule has 0 spiro atoms. The Hall–Kier alpha value is -1.39. The van der Waals surface area contributed by atoms with Crippen molar-refractivity contribution in [3.8, 4) is 0 Å². The molecule has 0 saturated heterocycles. The molecule has 5 heteroatoms. The highest BCUT2D eigenvalue weighted by Crippen LogP contribution is 2.22. The van der Waals surface area contributed by atoms with Gasteiger partial charge in [0.25, 0.3) is 0 Å². The molecule has 2 heterocycles. The summed E-state index contributed by atoms with van der Waals surface area (Å²) in [5.74, 6) is 0. The van der Waals surface area contributed by atoms with E-state index >= 15 is 0 Å². The largest absolute Gasteiger partial charge is 0.381 e. The molecule has 2 aromatic heterocycles. The van der Waals surface area contributed by atoms with E-state index in [9.17, 15) is 0 Å². The van der Waals surface area contributed by atoms with Crippen molar-refractivity contribution in [1.29, 1.82) is 0 Å². The number of hydrogen-bond acceptors (Lipinski definition) is 4. The van der Waals surface area contributed by atoms with E-state index in [-0.39, 0.29) is 0 Å². The van der Waals surface area contributed by atoms with Gasteiger partial charge >= 0.3 is 0 Å². The van der Waals surface area contributed by atoms with E-state index in [1.807, 2.05) is 12.1 Å². The van der Waals surface area contributed by atoms with Gasteiger partial charge in [-0.25, -0.2) is 0 Å². The van der Waals surface area contributed by atoms with Gasteiger partial charge in [0.15, 0.2) is 0 Å². The molecule has 0 saturated carbocycles. The maximum absolute atomic E-state index is 5.97. The van der Waals surface area contributed by atoms with Gasteiger partial charge in [-0.05, 0) is 51.5 Å². The number of hydrogen-bond donors (Lipinski definition) is 1. The number of rotatable bonds is 8. The van der Waals surface area contributed by atoms with Crippen molar-refractivity contribution in [2.45, 2.75) is 39.7 Å². The summed E-state index contributed by atoms with van der Waals surface area (Å²) in [7, 11) is 0. The van der Waals surface area contributed by atoms with Gasteiger partial charge in [0, 0.05) is 18.4 Å². The van der Waals surface area contributed by atoms with Crippen molar-refractivity contribution in [1.82, 2.24) is 14.9 Å². The molecular weight excluding hydrogens is 296 g/mol. The van der Waals surface area contributed by atoms with Crippen LogP contribution in [0.25, 0.3) is 11.0 Å². The number of fused-ring (bicyclic) bond motifs is 1. The number of anilines is 1. The first kappa shape index (κ1) is 17.0. The van der Waals surface area contributed by atoms with Crippen LogP contribution in [0.15, 0.2) is 24.5 Å². The van der Waals surface area contributed by atoms with Crippen LogP contribution in [0.5, 0.6) is 0 Å². The van der Waals surface area contributed by atoms with Gasteiger partial charge in [-0.1, -0.05) is 25.4 Å². The van der Waals surface area contributed by atoms with Gasteiger partial charge in [0.05, 0.1) is 16.2 Å². The highest BCUT2D eigenvalue weighted by atomic mass is 35.5. The molecule has 0 radical (unpaired) electrons. The lowest BCUT2D eigenvalue weighted by Gasteiger charge is -2.20. The molecule has 0 fully saturated rings. The molecular formula is C17H25ClN4. The maximum atomic E-state index is 5.97. The van der Waals surface area contributed by atoms with E-state index in [1.165, 1.54) is 6.42 Å². The van der Waals surface area contributed by atoms with Crippen LogP contribution in [0.3, 0.4) is 0 Å². The zero-order valence-corrected chi connectivity index (χ0v) is 14.4. The van der Waals surface area contributed by atoms with E-state index < -0.39 is 0 Å². The second-order valence-corrected chi connectivity index (χ2v) is 6.03. The van der Waals surface area contributed by atoms with Gasteiger partial charge in [0.2, 0.25) is 0 Å². The first-order valence-corrected chi connectivity index (χ1v) is 8.41. The monoisotopic (exact) mass is 320 g/mol. The molecule has 0 aliphatic heterocycles. The fourth-order valence-corrected chi connectivity index (χ4v) is 2.77. The highest BCUT2D eigenvalue weighted by Gasteiger charge is 2.08. The predicted octanol–water partition coefficient (Wildman–Crippen LogP) is 4.21. The SMILES string of the molecule is CCN(CC)CCCC(C)Nc1ccnc2cc(Cl)cnc12. The highest BCUT2D eigenvalue weighted by molar-refractivity contribution is 6.31. The maximum Gasteiger partial charge on any atom is 0.112 e. The quantitative estimate of drug-likeness (QED) is 0.791. The van der Waals surface area contributed by atoms with Crippen LogP contribution in [-0.2, 0) is 0 Å². The Morgan fingerprint density at radius 3 is 2.77 bits per heavy atom. The fourth-order valence-electron chi connectivity index (χ4n) is 2.62. The normalized spacial score (nSPS) is 12.8. The number of nitrogens with one attached hydrogen (secondary N) is 1. The number of aromatic nitrogens is 2. The van der Waals surface area contributed by atoms with E-state index in [0.29, 0.717) is 11.1 Å². The third-order valence-electron chi connectivity index (χ3n) is 3.95. The molecule has 1 N–H and O–H groups in total. The molecule has 2 aromatic rings. The third-order valence-corrected chi connectivity index (χ3v) is 4.16. The molecule has 0 bridgehead atoms. The van der Waals surface area contributed by atoms with Crippen molar-refractivity contribution in [3.63, 3.8) is 0 Å². The Morgan fingerprint density at radius 1 is 1.27 bits per heavy atom. The Kier molecular flexibility index (Phi) is 6.40. The summed E-state index contributed by atoms with van der Waals surface area (Å²) in [5.41, 5.74) is 2.73. The molecule has 0 amide bonds. The Morgan fingerprint density at radius 2 is 2.05 bits per heavy atom. The van der Waals surface area contributed by atoms with Crippen molar-refractivity contribution in [2.24, 2.45) is 0 Å². The minimum atomic E-state index is 0.402. The summed E-state index contributed by atoms with van der Waals surface area (Å²) in [6.45, 7) is 10.0. The number of pyridine rings is 2. The second kappa shape index (κ2) is 8.30. The summed E-state index contributed by atoms with van der Waals surface area (Å²) in [5, 5.41) is 4.17. The van der Waals surface area contributed by atoms with Crippen molar-refractivity contribution >= 4 is 28.3 Å². The Bertz CT molecular complexity index is 598. The van der Waals surface area contributed by atoms with E-state index in [1.54, 1.807) is 12.4 Å². The molecule has 2 rings (SSSR count). The average molecular weight is 321 g/mol. The fraction of sp³-hybridized carbons (Fsp3) is 0.529. The predicted molar refractivity (Wildman–Crippen MR) is 94.7 cm³/mol. The van der Waals surface area contributed by atoms with Crippen molar-refractivity contribution in [3.05, 3.63) is 29.5 Å². The van der Waals surface area contributed by atoms with Crippen LogP contribution in [0.1, 0.15) is 33.6 Å². The first-order valence-electron chi connectivity index (χ1n) is 8.03. The van der Waals surface area contributed by atoms with Crippen molar-refractivity contribution < 1.29 is 0 Å². The minimum Gasteiger partial charge on any atom is -0.381 e. The zero-order valence-electron chi connectivity index (χ0n) is 13.6. The molecule has 4 nitrogen and oxygen atoms in total. The van der Waals surface area contributed by atoms with Crippen LogP contribution in [0.4, 0.5) is 5.69 Å². The lowest BCUT2D eigenvalue weighted by atomic mass is 10.1. The van der Waals surface area contributed by atoms with Crippen LogP contribution in [0.2, 0.25) is 5.02 Å². The number of nitrogens with zero attached hydrogens (tertiary/aromatic N) is 3. The molecule has 0 aliphatic rings. The minimum absolute atomic E-state index is 0.402. The van der Waals surface area contributed by atoms with E-state index in [4.69, 9.17) is 11.6 Å². The summed E-state index contributed by atoms with van der Waals surface area (Å²) < 4.78 is 0. The molecule has 1 unspecified atom stereocenters. The van der Waals surface area contributed by atoms with Crippen LogP contribution >= 0.6 is 11.6 Å². The topological polar surface area (TPSA) is 41.0 Å². The first-order chi connectivity index (χ1) is 10.6. The smallest absolute Gasteiger partial charge is 0.112 e. The third kappa shape index (κ3) is 4.55. The standard InChI is InChI=1S/C17H25ClN4/c1-4-22(5-2)10-6-7-13(3)21-15-8-9-19-16-11-14(18)12-20-17(15)16/h8-9,11-13H,4-7,10H2,1-3H3,(H,19,21). The van der Waals surface area contributed by atoms with Crippen LogP contribution < -0.4 is 5.32 Å². The zero-order chi connectivity index (χ0) is 15.9. The average Bonchev–Trinajstić information content (AvgIpc) is 2.51. The van der Waals surface area contributed by atoms with Gasteiger partial charge in [0.1, 0.15) is 5.52 Å². The van der Waals surface area contributed by atoms with Gasteiger partial charge in [-0.3, -0.25) is 9.97 Å². The molecule has 0 aliphatic carbocycles. The van der Waals surface area contributed by atoms with Gasteiger partial charge < -0.3 is 10.2 Å². The van der Waals surface area contributed by atoms with Gasteiger partial charge in [-0.15, -0.1) is 0 Å². The molecule has 22 heavy (non-hydrogen) atoms. The van der Waals surface area contributed by atoms with Crippen LogP contribution in [-0.4, -0.2) is 40.5 Å². The molecule has 120 valence electrons. The molecule has 0 aromatic carbocycles. The summed E-state index contributed by atoms with van der Waals surface area (Å²) >= 11 is 5.97. The summed E-state index contributed by atoms with van der Waals surface area (Å²) in [4.78, 5) is 11.2. The van der Waals surface area contributed by atoms with Gasteiger partial charge in [-0.2, -0.15) is 0 Å². The van der Waals surface area contributed by atoms with Crippen molar-refractivity contribution in [2.75, 3.05) is 25.0 Å². The second-order valence-electron chi connectivity index (χ2n) is 5.59. The Labute approximate surface area is 137 Å². The van der Waals surface area contributed by atoms with E-state index in [0.717, 1.165) is 42.8 Å². The summed E-state index contributed by atoms with van der Waals surface area (Å²) in [6, 6.07) is 4.23. The lowest BCUT2D eigenvalue weighted by molar-refractivity contribution is 0.295. The molecule has 1 atom stereocenters. The van der Waals surface area contributed by atoms with Crippen LogP contribution in [0, 0.1) is 0 Å². The lowest BCUT2D eigenvalue weighted by Crippen LogP contribution is -2.25.